The highest BCUT2D eigenvalue weighted by Gasteiger charge is 2.33. The molecule has 2 N–H and O–H groups in total. The van der Waals surface area contributed by atoms with Crippen molar-refractivity contribution < 1.29 is 18.7 Å². The predicted octanol–water partition coefficient (Wildman–Crippen LogP) is 5.79. The lowest BCUT2D eigenvalue weighted by molar-refractivity contribution is -0.119. The minimum Gasteiger partial charge on any atom is -0.360 e. The molecule has 0 spiro atoms. The number of hydrogen-bond acceptors (Lipinski definition) is 6. The number of amides is 2. The van der Waals surface area contributed by atoms with Crippen LogP contribution in [0.5, 0.6) is 0 Å². The number of hydrogen-bond donors (Lipinski definition) is 2. The number of pyridine rings is 1. The molecular weight excluding hydrogens is 565 g/mol. The van der Waals surface area contributed by atoms with Gasteiger partial charge in [-0.2, -0.15) is 14.6 Å². The van der Waals surface area contributed by atoms with E-state index in [1.807, 2.05) is 20.8 Å². The first-order valence-corrected chi connectivity index (χ1v) is 19.0. The molecule has 234 valence electrons. The molecule has 0 saturated heterocycles. The van der Waals surface area contributed by atoms with E-state index >= 15 is 4.39 Å². The summed E-state index contributed by atoms with van der Waals surface area (Å²) in [5.74, 6) is -0.849. The molecule has 10 nitrogen and oxygen atoms in total. The molecule has 1 aliphatic rings. The van der Waals surface area contributed by atoms with Crippen LogP contribution >= 0.6 is 0 Å². The highest BCUT2D eigenvalue weighted by molar-refractivity contribution is 6.76. The zero-order valence-electron chi connectivity index (χ0n) is 26.5. The quantitative estimate of drug-likeness (QED) is 0.152. The molecule has 0 unspecified atom stereocenters. The summed E-state index contributed by atoms with van der Waals surface area (Å²) in [7, 11) is -1.20. The van der Waals surface area contributed by atoms with Crippen LogP contribution in [-0.4, -0.2) is 57.1 Å². The number of ether oxygens (including phenoxy) is 1. The third-order valence-electron chi connectivity index (χ3n) is 8.31. The molecule has 3 aromatic heterocycles. The standard InChI is InChI=1S/C31H46FN7O3Si/c1-8-38-25(15-16-33-38)30(40)36-28(23-11-9-20(2)10-12-23)31(41)35-26-14-13-24(29(32)34-26)27-21(3)37-39(22(27)4)19-42-17-18-43(5,6)7/h13-16,20,23,28H,8-12,17-19H2,1-7H3,(H,36,40)(H,34,35,41)/t20?,23?,28-/m0/s1. The summed E-state index contributed by atoms with van der Waals surface area (Å²) in [6.07, 6.45) is 5.16. The van der Waals surface area contributed by atoms with Gasteiger partial charge in [0.2, 0.25) is 11.9 Å². The number of carbonyl (C=O) groups excluding carboxylic acids is 2. The van der Waals surface area contributed by atoms with Crippen molar-refractivity contribution in [1.29, 1.82) is 0 Å². The average molecular weight is 612 g/mol. The van der Waals surface area contributed by atoms with Gasteiger partial charge in [-0.25, -0.2) is 9.67 Å². The Hall–Kier alpha value is -3.38. The van der Waals surface area contributed by atoms with Crippen LogP contribution in [0.3, 0.4) is 0 Å². The van der Waals surface area contributed by atoms with Crippen LogP contribution in [0.2, 0.25) is 25.7 Å². The predicted molar refractivity (Wildman–Crippen MR) is 168 cm³/mol. The molecule has 0 radical (unpaired) electrons. The van der Waals surface area contributed by atoms with E-state index in [-0.39, 0.29) is 17.6 Å². The first-order valence-electron chi connectivity index (χ1n) is 15.3. The Bertz CT molecular complexity index is 1420. The van der Waals surface area contributed by atoms with E-state index in [0.717, 1.165) is 37.4 Å². The maximum atomic E-state index is 15.5. The Morgan fingerprint density at radius 3 is 2.49 bits per heavy atom. The summed E-state index contributed by atoms with van der Waals surface area (Å²) in [6.45, 7) is 16.2. The second-order valence-corrected chi connectivity index (χ2v) is 18.5. The third kappa shape index (κ3) is 8.17. The fraction of sp³-hybridized carbons (Fsp3) is 0.581. The fourth-order valence-electron chi connectivity index (χ4n) is 5.65. The normalized spacial score (nSPS) is 18.0. The highest BCUT2D eigenvalue weighted by atomic mass is 28.3. The molecular formula is C31H46FN7O3Si. The van der Waals surface area contributed by atoms with Crippen LogP contribution in [-0.2, 0) is 22.8 Å². The summed E-state index contributed by atoms with van der Waals surface area (Å²) in [5, 5.41) is 14.4. The SMILES string of the molecule is CCn1nccc1C(=O)N[C@H](C(=O)Nc1ccc(-c2c(C)nn(COCC[Si](C)(C)C)c2C)c(F)n1)C1CCC(C)CC1. The van der Waals surface area contributed by atoms with Crippen LogP contribution in [0.1, 0.15) is 61.4 Å². The van der Waals surface area contributed by atoms with Crippen molar-refractivity contribution in [1.82, 2.24) is 29.9 Å². The van der Waals surface area contributed by atoms with Gasteiger partial charge in [-0.05, 0) is 69.7 Å². The Balaban J connectivity index is 1.49. The van der Waals surface area contributed by atoms with Crippen molar-refractivity contribution in [3.8, 4) is 11.1 Å². The van der Waals surface area contributed by atoms with Gasteiger partial charge in [0.05, 0.1) is 5.69 Å². The fourth-order valence-corrected chi connectivity index (χ4v) is 6.40. The lowest BCUT2D eigenvalue weighted by Crippen LogP contribution is -2.49. The van der Waals surface area contributed by atoms with Gasteiger partial charge in [-0.3, -0.25) is 14.3 Å². The number of nitrogens with one attached hydrogen (secondary N) is 2. The maximum absolute atomic E-state index is 15.5. The molecule has 1 fully saturated rings. The number of carbonyl (C=O) groups is 2. The molecule has 3 aromatic rings. The van der Waals surface area contributed by atoms with Crippen LogP contribution in [0.4, 0.5) is 10.2 Å². The van der Waals surface area contributed by atoms with Crippen molar-refractivity contribution >= 4 is 25.7 Å². The van der Waals surface area contributed by atoms with Gasteiger partial charge < -0.3 is 15.4 Å². The van der Waals surface area contributed by atoms with E-state index in [1.54, 1.807) is 33.8 Å². The molecule has 0 aromatic carbocycles. The van der Waals surface area contributed by atoms with Crippen LogP contribution in [0.25, 0.3) is 11.1 Å². The summed E-state index contributed by atoms with van der Waals surface area (Å²) in [6, 6.07) is 5.11. The average Bonchev–Trinajstić information content (AvgIpc) is 3.54. The van der Waals surface area contributed by atoms with Gasteiger partial charge in [0.15, 0.2) is 0 Å². The topological polar surface area (TPSA) is 116 Å². The van der Waals surface area contributed by atoms with Gasteiger partial charge in [-0.15, -0.1) is 0 Å². The molecule has 43 heavy (non-hydrogen) atoms. The second-order valence-electron chi connectivity index (χ2n) is 12.9. The van der Waals surface area contributed by atoms with Crippen molar-refractivity contribution in [2.75, 3.05) is 11.9 Å². The van der Waals surface area contributed by atoms with Crippen molar-refractivity contribution in [2.45, 2.75) is 98.4 Å². The zero-order valence-corrected chi connectivity index (χ0v) is 27.5. The number of halogens is 1. The smallest absolute Gasteiger partial charge is 0.270 e. The Labute approximate surface area is 254 Å². The molecule has 1 saturated carbocycles. The first kappa shape index (κ1) is 32.5. The van der Waals surface area contributed by atoms with Crippen molar-refractivity contribution in [3.05, 3.63) is 47.4 Å². The van der Waals surface area contributed by atoms with Gasteiger partial charge in [0.1, 0.15) is 24.3 Å². The van der Waals surface area contributed by atoms with Gasteiger partial charge >= 0.3 is 0 Å². The number of aromatic nitrogens is 5. The lowest BCUT2D eigenvalue weighted by atomic mass is 9.79. The summed E-state index contributed by atoms with van der Waals surface area (Å²) in [5.41, 5.74) is 2.81. The Morgan fingerprint density at radius 1 is 1.12 bits per heavy atom. The molecule has 0 bridgehead atoms. The molecule has 12 heteroatoms. The summed E-state index contributed by atoms with van der Waals surface area (Å²) >= 11 is 0. The monoisotopic (exact) mass is 611 g/mol. The molecule has 1 aliphatic carbocycles. The summed E-state index contributed by atoms with van der Waals surface area (Å²) in [4.78, 5) is 30.8. The first-order chi connectivity index (χ1) is 20.4. The lowest BCUT2D eigenvalue weighted by Gasteiger charge is -2.32. The van der Waals surface area contributed by atoms with E-state index in [1.165, 1.54) is 0 Å². The Kier molecular flexibility index (Phi) is 10.5. The largest absolute Gasteiger partial charge is 0.360 e. The van der Waals surface area contributed by atoms with Crippen LogP contribution in [0, 0.1) is 31.6 Å². The minimum atomic E-state index is -1.20. The molecule has 3 heterocycles. The van der Waals surface area contributed by atoms with E-state index in [2.05, 4.69) is 52.4 Å². The van der Waals surface area contributed by atoms with E-state index < -0.39 is 26.0 Å². The number of aryl methyl sites for hydroxylation is 2. The molecule has 0 aliphatic heterocycles. The van der Waals surface area contributed by atoms with E-state index in [0.29, 0.717) is 48.3 Å². The number of anilines is 1. The molecule has 4 rings (SSSR count). The van der Waals surface area contributed by atoms with E-state index in [9.17, 15) is 9.59 Å². The van der Waals surface area contributed by atoms with Crippen LogP contribution < -0.4 is 10.6 Å². The van der Waals surface area contributed by atoms with E-state index in [4.69, 9.17) is 4.74 Å². The number of nitrogens with zero attached hydrogens (tertiary/aromatic N) is 5. The number of rotatable bonds is 12. The molecule has 2 amide bonds. The third-order valence-corrected chi connectivity index (χ3v) is 10.0. The van der Waals surface area contributed by atoms with Gasteiger partial charge in [0.25, 0.3) is 5.91 Å². The van der Waals surface area contributed by atoms with Gasteiger partial charge in [-0.1, -0.05) is 39.4 Å². The minimum absolute atomic E-state index is 0.0358. The Morgan fingerprint density at radius 2 is 1.84 bits per heavy atom. The highest BCUT2D eigenvalue weighted by Crippen LogP contribution is 2.32. The molecule has 1 atom stereocenters. The zero-order chi connectivity index (χ0) is 31.3. The second kappa shape index (κ2) is 13.9. The van der Waals surface area contributed by atoms with Crippen LogP contribution in [0.15, 0.2) is 24.4 Å². The maximum Gasteiger partial charge on any atom is 0.270 e. The summed E-state index contributed by atoms with van der Waals surface area (Å²) < 4.78 is 24.7. The van der Waals surface area contributed by atoms with Gasteiger partial charge in [0, 0.05) is 44.2 Å². The van der Waals surface area contributed by atoms with Crippen molar-refractivity contribution in [2.24, 2.45) is 11.8 Å². The van der Waals surface area contributed by atoms with Crippen molar-refractivity contribution in [3.63, 3.8) is 0 Å².